The van der Waals surface area contributed by atoms with Crippen LogP contribution in [0, 0.1) is 10.1 Å². The van der Waals surface area contributed by atoms with Crippen LogP contribution in [0.15, 0.2) is 18.2 Å². The molecule has 0 spiro atoms. The Morgan fingerprint density at radius 2 is 2.18 bits per heavy atom. The van der Waals surface area contributed by atoms with Gasteiger partial charge < -0.3 is 9.47 Å². The molecule has 1 aromatic carbocycles. The third-order valence-electron chi connectivity index (χ3n) is 2.06. The van der Waals surface area contributed by atoms with Crippen LogP contribution in [0.3, 0.4) is 0 Å². The van der Waals surface area contributed by atoms with Crippen molar-refractivity contribution >= 4 is 17.3 Å². The van der Waals surface area contributed by atoms with Crippen LogP contribution in [0.1, 0.15) is 12.5 Å². The first-order chi connectivity index (χ1) is 8.19. The Hall–Kier alpha value is -1.33. The van der Waals surface area contributed by atoms with Gasteiger partial charge in [0.2, 0.25) is 0 Å². The van der Waals surface area contributed by atoms with Crippen LogP contribution in [-0.4, -0.2) is 24.7 Å². The molecule has 0 aliphatic heterocycles. The Bertz CT molecular complexity index is 384. The smallest absolute Gasteiger partial charge is 0.310 e. The highest BCUT2D eigenvalue weighted by molar-refractivity contribution is 6.17. The molecule has 0 bridgehead atoms. The van der Waals surface area contributed by atoms with Gasteiger partial charge in [-0.3, -0.25) is 10.1 Å². The quantitative estimate of drug-likeness (QED) is 0.327. The number of hydrogen-bond donors (Lipinski definition) is 0. The molecular weight excluding hydrogens is 246 g/mol. The van der Waals surface area contributed by atoms with Crippen molar-refractivity contribution in [1.29, 1.82) is 0 Å². The lowest BCUT2D eigenvalue weighted by atomic mass is 10.2. The van der Waals surface area contributed by atoms with E-state index in [0.29, 0.717) is 19.1 Å². The molecule has 0 atom stereocenters. The number of nitro benzene ring substituents is 1. The number of nitro groups is 1. The molecule has 1 rings (SSSR count). The van der Waals surface area contributed by atoms with E-state index in [0.717, 1.165) is 5.56 Å². The summed E-state index contributed by atoms with van der Waals surface area (Å²) in [6, 6.07) is 4.59. The number of rotatable bonds is 7. The molecule has 0 radical (unpaired) electrons. The minimum atomic E-state index is -0.478. The highest BCUT2D eigenvalue weighted by Crippen LogP contribution is 2.28. The number of hydrogen-bond acceptors (Lipinski definition) is 4. The minimum Gasteiger partial charge on any atom is -0.484 e. The van der Waals surface area contributed by atoms with Crippen molar-refractivity contribution in [2.45, 2.75) is 12.8 Å². The van der Waals surface area contributed by atoms with Crippen molar-refractivity contribution in [1.82, 2.24) is 0 Å². The van der Waals surface area contributed by atoms with Crippen molar-refractivity contribution in [2.24, 2.45) is 0 Å². The third-order valence-corrected chi connectivity index (χ3v) is 2.37. The first-order valence-electron chi connectivity index (χ1n) is 5.22. The van der Waals surface area contributed by atoms with Crippen LogP contribution in [0.4, 0.5) is 5.69 Å². The Morgan fingerprint density at radius 1 is 1.41 bits per heavy atom. The Labute approximate surface area is 104 Å². The van der Waals surface area contributed by atoms with Gasteiger partial charge in [-0.1, -0.05) is 6.07 Å². The van der Waals surface area contributed by atoms with Gasteiger partial charge in [-0.2, -0.15) is 0 Å². The average Bonchev–Trinajstić information content (AvgIpc) is 2.34. The number of nitrogens with zero attached hydrogens (tertiary/aromatic N) is 1. The summed E-state index contributed by atoms with van der Waals surface area (Å²) in [6.07, 6.45) is 0. The van der Waals surface area contributed by atoms with E-state index in [4.69, 9.17) is 21.1 Å². The zero-order valence-electron chi connectivity index (χ0n) is 9.52. The molecule has 94 valence electrons. The molecule has 0 aromatic heterocycles. The first kappa shape index (κ1) is 13.7. The van der Waals surface area contributed by atoms with Crippen LogP contribution in [0.25, 0.3) is 0 Å². The number of ether oxygens (including phenoxy) is 2. The van der Waals surface area contributed by atoms with Crippen molar-refractivity contribution in [2.75, 3.05) is 19.8 Å². The summed E-state index contributed by atoms with van der Waals surface area (Å²) in [4.78, 5) is 10.3. The largest absolute Gasteiger partial charge is 0.484 e. The van der Waals surface area contributed by atoms with E-state index < -0.39 is 4.92 Å². The first-order valence-corrected chi connectivity index (χ1v) is 5.76. The van der Waals surface area contributed by atoms with Crippen molar-refractivity contribution in [3.8, 4) is 5.75 Å². The fourth-order valence-corrected chi connectivity index (χ4v) is 1.43. The summed E-state index contributed by atoms with van der Waals surface area (Å²) in [5.41, 5.74) is 0.721. The van der Waals surface area contributed by atoms with Gasteiger partial charge in [0.25, 0.3) is 0 Å². The van der Waals surface area contributed by atoms with E-state index in [2.05, 4.69) is 0 Å². The monoisotopic (exact) mass is 259 g/mol. The summed E-state index contributed by atoms with van der Waals surface area (Å²) in [7, 11) is 0. The van der Waals surface area contributed by atoms with E-state index in [1.807, 2.05) is 6.92 Å². The summed E-state index contributed by atoms with van der Waals surface area (Å²) in [5.74, 6) is 0.521. The highest BCUT2D eigenvalue weighted by Gasteiger charge is 2.15. The fourth-order valence-electron chi connectivity index (χ4n) is 1.26. The maximum absolute atomic E-state index is 10.8. The van der Waals surface area contributed by atoms with Gasteiger partial charge in [-0.25, -0.2) is 0 Å². The molecule has 0 aliphatic carbocycles. The lowest BCUT2D eigenvalue weighted by Gasteiger charge is -2.07. The average molecular weight is 260 g/mol. The van der Waals surface area contributed by atoms with Crippen LogP contribution in [0.5, 0.6) is 5.75 Å². The Morgan fingerprint density at radius 3 is 2.76 bits per heavy atom. The number of alkyl halides is 1. The molecule has 0 heterocycles. The van der Waals surface area contributed by atoms with Crippen LogP contribution < -0.4 is 4.74 Å². The third kappa shape index (κ3) is 4.20. The van der Waals surface area contributed by atoms with Gasteiger partial charge in [0.15, 0.2) is 5.75 Å². The topological polar surface area (TPSA) is 61.6 Å². The summed E-state index contributed by atoms with van der Waals surface area (Å²) in [6.45, 7) is 3.14. The van der Waals surface area contributed by atoms with Gasteiger partial charge in [0, 0.05) is 18.6 Å². The molecule has 0 aliphatic rings. The van der Waals surface area contributed by atoms with E-state index in [1.165, 1.54) is 6.07 Å². The number of halogens is 1. The minimum absolute atomic E-state index is 0.0598. The second-order valence-electron chi connectivity index (χ2n) is 3.24. The normalized spacial score (nSPS) is 10.2. The van der Waals surface area contributed by atoms with Crippen LogP contribution >= 0.6 is 11.6 Å². The molecule has 0 unspecified atom stereocenters. The lowest BCUT2D eigenvalue weighted by molar-refractivity contribution is -0.385. The van der Waals surface area contributed by atoms with Gasteiger partial charge in [-0.05, 0) is 18.6 Å². The van der Waals surface area contributed by atoms with Crippen molar-refractivity contribution < 1.29 is 14.4 Å². The van der Waals surface area contributed by atoms with Crippen molar-refractivity contribution in [3.05, 3.63) is 33.9 Å². The van der Waals surface area contributed by atoms with E-state index in [9.17, 15) is 10.1 Å². The molecule has 0 saturated heterocycles. The Balaban J connectivity index is 2.75. The van der Waals surface area contributed by atoms with Gasteiger partial charge in [-0.15, -0.1) is 11.6 Å². The maximum atomic E-state index is 10.8. The molecule has 0 fully saturated rings. The number of benzene rings is 1. The van der Waals surface area contributed by atoms with Gasteiger partial charge in [0.1, 0.15) is 6.61 Å². The fraction of sp³-hybridized carbons (Fsp3) is 0.455. The zero-order valence-corrected chi connectivity index (χ0v) is 10.3. The molecule has 0 saturated carbocycles. The molecule has 17 heavy (non-hydrogen) atoms. The van der Waals surface area contributed by atoms with E-state index in [1.54, 1.807) is 12.1 Å². The Kier molecular flexibility index (Phi) is 5.72. The molecule has 0 N–H and O–H groups in total. The highest BCUT2D eigenvalue weighted by atomic mass is 35.5. The second kappa shape index (κ2) is 7.09. The zero-order chi connectivity index (χ0) is 12.7. The van der Waals surface area contributed by atoms with Gasteiger partial charge >= 0.3 is 5.69 Å². The SMILES string of the molecule is CCOCCOc1cc(CCl)ccc1[N+](=O)[O-]. The maximum Gasteiger partial charge on any atom is 0.310 e. The standard InChI is InChI=1S/C11H14ClNO4/c1-2-16-5-6-17-11-7-9(8-12)3-4-10(11)13(14)15/h3-4,7H,2,5-6,8H2,1H3. The van der Waals surface area contributed by atoms with Crippen LogP contribution in [0.2, 0.25) is 0 Å². The van der Waals surface area contributed by atoms with Crippen molar-refractivity contribution in [3.63, 3.8) is 0 Å². The summed E-state index contributed by atoms with van der Waals surface area (Å²) >= 11 is 5.66. The molecular formula is C11H14ClNO4. The summed E-state index contributed by atoms with van der Waals surface area (Å²) in [5, 5.41) is 10.8. The summed E-state index contributed by atoms with van der Waals surface area (Å²) < 4.78 is 10.4. The molecule has 6 heteroatoms. The molecule has 1 aromatic rings. The predicted octanol–water partition coefficient (Wildman–Crippen LogP) is 2.75. The predicted molar refractivity (Wildman–Crippen MR) is 64.6 cm³/mol. The van der Waals surface area contributed by atoms with Gasteiger partial charge in [0.05, 0.1) is 11.5 Å². The van der Waals surface area contributed by atoms with E-state index in [-0.39, 0.29) is 18.0 Å². The van der Waals surface area contributed by atoms with E-state index >= 15 is 0 Å². The lowest BCUT2D eigenvalue weighted by Crippen LogP contribution is -2.07. The molecule has 0 amide bonds. The molecule has 5 nitrogen and oxygen atoms in total. The van der Waals surface area contributed by atoms with Crippen LogP contribution in [-0.2, 0) is 10.6 Å². The second-order valence-corrected chi connectivity index (χ2v) is 3.51.